The molecule has 0 spiro atoms. The summed E-state index contributed by atoms with van der Waals surface area (Å²) >= 11 is 3.73. The van der Waals surface area contributed by atoms with E-state index in [2.05, 4.69) is 254 Å². The van der Waals surface area contributed by atoms with Gasteiger partial charge < -0.3 is 4.90 Å². The Hall–Kier alpha value is -8.34. The lowest BCUT2D eigenvalue weighted by Gasteiger charge is -2.27. The SMILES string of the molecule is c1ccc(-c2cccc(-c3cccc(-c4cc5c6ccccc6c6ccccc6c5cc4-c4ccc(N(c5ccc6sc7ccccc7c6c5)c5cccc6sc7ccccc7c56)cc4)c3)c2)cc1. The smallest absolute Gasteiger partial charge is 0.0554 e. The van der Waals surface area contributed by atoms with Crippen LogP contribution in [0.1, 0.15) is 0 Å². The van der Waals surface area contributed by atoms with Crippen LogP contribution in [0.4, 0.5) is 17.1 Å². The molecule has 0 saturated carbocycles. The molecule has 69 heavy (non-hydrogen) atoms. The predicted molar refractivity (Wildman–Crippen MR) is 301 cm³/mol. The predicted octanol–water partition coefficient (Wildman–Crippen LogP) is 20.0. The minimum Gasteiger partial charge on any atom is -0.310 e. The second-order valence-corrected chi connectivity index (χ2v) is 20.1. The summed E-state index contributed by atoms with van der Waals surface area (Å²) in [6, 6.07) is 92.2. The van der Waals surface area contributed by atoms with Gasteiger partial charge in [0.15, 0.2) is 0 Å². The molecule has 0 amide bonds. The summed E-state index contributed by atoms with van der Waals surface area (Å²) in [5.41, 5.74) is 13.0. The highest BCUT2D eigenvalue weighted by Gasteiger charge is 2.21. The van der Waals surface area contributed by atoms with E-state index in [0.717, 1.165) is 11.4 Å². The highest BCUT2D eigenvalue weighted by molar-refractivity contribution is 7.26. The van der Waals surface area contributed by atoms with Crippen molar-refractivity contribution in [2.45, 2.75) is 0 Å². The molecule has 0 fully saturated rings. The third-order valence-corrected chi connectivity index (χ3v) is 16.3. The zero-order valence-electron chi connectivity index (χ0n) is 37.4. The molecule has 0 saturated heterocycles. The van der Waals surface area contributed by atoms with Gasteiger partial charge in [-0.05, 0) is 156 Å². The van der Waals surface area contributed by atoms with Crippen LogP contribution in [0.2, 0.25) is 0 Å². The first-order chi connectivity index (χ1) is 34.2. The van der Waals surface area contributed by atoms with E-state index in [9.17, 15) is 0 Å². The molecule has 0 aliphatic carbocycles. The van der Waals surface area contributed by atoms with E-state index in [-0.39, 0.29) is 0 Å². The van der Waals surface area contributed by atoms with E-state index in [0.29, 0.717) is 0 Å². The highest BCUT2D eigenvalue weighted by Crippen LogP contribution is 2.48. The lowest BCUT2D eigenvalue weighted by molar-refractivity contribution is 1.31. The molecule has 0 bridgehead atoms. The third kappa shape index (κ3) is 6.65. The third-order valence-electron chi connectivity index (χ3n) is 14.0. The van der Waals surface area contributed by atoms with E-state index in [4.69, 9.17) is 0 Å². The number of hydrogen-bond acceptors (Lipinski definition) is 3. The second kappa shape index (κ2) is 16.2. The Morgan fingerprint density at radius 1 is 0.232 bits per heavy atom. The number of thiophene rings is 2. The Bertz CT molecular complexity index is 4310. The molecular formula is C66H41NS2. The Morgan fingerprint density at radius 3 is 1.36 bits per heavy atom. The molecule has 322 valence electrons. The van der Waals surface area contributed by atoms with Crippen LogP contribution in [0.3, 0.4) is 0 Å². The zero-order valence-corrected chi connectivity index (χ0v) is 39.1. The minimum atomic E-state index is 1.11. The van der Waals surface area contributed by atoms with Crippen LogP contribution in [0.15, 0.2) is 249 Å². The van der Waals surface area contributed by atoms with Gasteiger partial charge in [0, 0.05) is 51.7 Å². The van der Waals surface area contributed by atoms with Gasteiger partial charge in [-0.1, -0.05) is 170 Å². The van der Waals surface area contributed by atoms with Gasteiger partial charge in [-0.15, -0.1) is 22.7 Å². The Balaban J connectivity index is 0.976. The van der Waals surface area contributed by atoms with Crippen molar-refractivity contribution in [3.63, 3.8) is 0 Å². The average Bonchev–Trinajstić information content (AvgIpc) is 4.00. The van der Waals surface area contributed by atoms with Crippen LogP contribution in [0.25, 0.3) is 117 Å². The van der Waals surface area contributed by atoms with Gasteiger partial charge in [0.1, 0.15) is 0 Å². The fourth-order valence-corrected chi connectivity index (χ4v) is 13.0. The number of fused-ring (bicyclic) bond motifs is 12. The van der Waals surface area contributed by atoms with Crippen LogP contribution >= 0.6 is 22.7 Å². The molecule has 0 atom stereocenters. The monoisotopic (exact) mass is 911 g/mol. The maximum atomic E-state index is 2.48. The molecular weight excluding hydrogens is 871 g/mol. The second-order valence-electron chi connectivity index (χ2n) is 18.0. The van der Waals surface area contributed by atoms with Gasteiger partial charge in [0.25, 0.3) is 0 Å². The van der Waals surface area contributed by atoms with Crippen molar-refractivity contribution in [1.82, 2.24) is 0 Å². The molecule has 0 aliphatic heterocycles. The quantitative estimate of drug-likeness (QED) is 0.144. The van der Waals surface area contributed by atoms with Gasteiger partial charge in [0.05, 0.1) is 5.69 Å². The molecule has 0 radical (unpaired) electrons. The minimum absolute atomic E-state index is 1.11. The topological polar surface area (TPSA) is 3.24 Å². The van der Waals surface area contributed by atoms with Gasteiger partial charge in [-0.3, -0.25) is 0 Å². The normalized spacial score (nSPS) is 11.8. The summed E-state index contributed by atoms with van der Waals surface area (Å²) in [6.07, 6.45) is 0. The largest absolute Gasteiger partial charge is 0.310 e. The molecule has 14 aromatic rings. The maximum absolute atomic E-state index is 2.48. The number of anilines is 3. The number of rotatable bonds is 7. The van der Waals surface area contributed by atoms with Gasteiger partial charge in [-0.2, -0.15) is 0 Å². The van der Waals surface area contributed by atoms with Gasteiger partial charge in [-0.25, -0.2) is 0 Å². The zero-order chi connectivity index (χ0) is 45.4. The molecule has 0 unspecified atom stereocenters. The van der Waals surface area contributed by atoms with Crippen LogP contribution < -0.4 is 4.90 Å². The van der Waals surface area contributed by atoms with Crippen molar-refractivity contribution in [2.75, 3.05) is 4.90 Å². The summed E-state index contributed by atoms with van der Waals surface area (Å²) in [7, 11) is 0. The molecule has 14 rings (SSSR count). The molecule has 2 aromatic heterocycles. The van der Waals surface area contributed by atoms with E-state index in [1.165, 1.54) is 123 Å². The first-order valence-electron chi connectivity index (χ1n) is 23.6. The molecule has 0 aliphatic rings. The van der Waals surface area contributed by atoms with Crippen molar-refractivity contribution >= 4 is 112 Å². The molecule has 3 heteroatoms. The molecule has 2 heterocycles. The molecule has 12 aromatic carbocycles. The standard InChI is InChI=1S/C66H41NS2/c1-2-15-42(16-3-1)44-17-12-18-45(37-44)46-19-13-20-47(38-46)57-41-59-53-24-7-5-22-51(53)50-21-4-6-23-52(50)58(59)40-56(57)43-31-33-48(34-32-43)67(49-35-36-64-60(39-49)54-25-8-10-28-62(54)68-64)61-27-14-30-65-66(61)55-26-9-11-29-63(55)69-65/h1-41H. The summed E-state index contributed by atoms with van der Waals surface area (Å²) in [5, 5.41) is 12.7. The number of benzene rings is 12. The molecule has 0 N–H and O–H groups in total. The van der Waals surface area contributed by atoms with Crippen molar-refractivity contribution < 1.29 is 0 Å². The van der Waals surface area contributed by atoms with Crippen LogP contribution in [0.5, 0.6) is 0 Å². The number of hydrogen-bond donors (Lipinski definition) is 0. The fourth-order valence-electron chi connectivity index (χ4n) is 10.8. The maximum Gasteiger partial charge on any atom is 0.0554 e. The van der Waals surface area contributed by atoms with E-state index >= 15 is 0 Å². The van der Waals surface area contributed by atoms with Gasteiger partial charge >= 0.3 is 0 Å². The van der Waals surface area contributed by atoms with Crippen molar-refractivity contribution in [3.8, 4) is 44.5 Å². The first-order valence-corrected chi connectivity index (χ1v) is 25.2. The van der Waals surface area contributed by atoms with Crippen LogP contribution in [0, 0.1) is 0 Å². The lowest BCUT2D eigenvalue weighted by atomic mass is 9.86. The van der Waals surface area contributed by atoms with Crippen molar-refractivity contribution in [3.05, 3.63) is 249 Å². The van der Waals surface area contributed by atoms with Crippen LogP contribution in [-0.4, -0.2) is 0 Å². The van der Waals surface area contributed by atoms with E-state index in [1.807, 2.05) is 22.7 Å². The molecule has 1 nitrogen and oxygen atoms in total. The summed E-state index contributed by atoms with van der Waals surface area (Å²) < 4.78 is 5.19. The van der Waals surface area contributed by atoms with Gasteiger partial charge in [0.2, 0.25) is 0 Å². The van der Waals surface area contributed by atoms with Crippen molar-refractivity contribution in [2.24, 2.45) is 0 Å². The van der Waals surface area contributed by atoms with E-state index < -0.39 is 0 Å². The Morgan fingerprint density at radius 2 is 0.681 bits per heavy atom. The lowest BCUT2D eigenvalue weighted by Crippen LogP contribution is -2.10. The Labute approximate surface area is 408 Å². The average molecular weight is 912 g/mol. The van der Waals surface area contributed by atoms with E-state index in [1.54, 1.807) is 0 Å². The fraction of sp³-hybridized carbons (Fsp3) is 0. The Kier molecular flexibility index (Phi) is 9.33. The summed E-state index contributed by atoms with van der Waals surface area (Å²) in [5.74, 6) is 0. The van der Waals surface area contributed by atoms with Crippen LogP contribution in [-0.2, 0) is 0 Å². The summed E-state index contributed by atoms with van der Waals surface area (Å²) in [4.78, 5) is 2.48. The van der Waals surface area contributed by atoms with Crippen molar-refractivity contribution in [1.29, 1.82) is 0 Å². The number of nitrogens with zero attached hydrogens (tertiary/aromatic N) is 1. The summed E-state index contributed by atoms with van der Waals surface area (Å²) in [6.45, 7) is 0. The first kappa shape index (κ1) is 39.8. The highest BCUT2D eigenvalue weighted by atomic mass is 32.1.